The summed E-state index contributed by atoms with van der Waals surface area (Å²) in [6.45, 7) is 3.64. The van der Waals surface area contributed by atoms with Gasteiger partial charge in [0.2, 0.25) is 0 Å². The molecule has 3 amide bonds. The molecular formula is C21H23N3O3S. The third-order valence-corrected chi connectivity index (χ3v) is 6.10. The summed E-state index contributed by atoms with van der Waals surface area (Å²) in [7, 11) is 1.72. The van der Waals surface area contributed by atoms with E-state index in [0.717, 1.165) is 23.4 Å². The van der Waals surface area contributed by atoms with E-state index in [0.29, 0.717) is 25.3 Å². The maximum atomic E-state index is 13.2. The summed E-state index contributed by atoms with van der Waals surface area (Å²) in [6, 6.07) is 11.0. The molecule has 0 fully saturated rings. The number of carbonyl (C=O) groups is 2. The number of amides is 3. The molecule has 1 aromatic carbocycles. The Kier molecular flexibility index (Phi) is 5.09. The number of thiophene rings is 1. The highest BCUT2D eigenvalue weighted by atomic mass is 32.1. The molecule has 1 atom stereocenters. The average Bonchev–Trinajstić information content (AvgIpc) is 3.32. The highest BCUT2D eigenvalue weighted by Gasteiger charge is 2.42. The quantitative estimate of drug-likeness (QED) is 0.814. The van der Waals surface area contributed by atoms with Crippen molar-refractivity contribution in [3.63, 3.8) is 0 Å². The van der Waals surface area contributed by atoms with Crippen LogP contribution in [0.5, 0.6) is 5.75 Å². The van der Waals surface area contributed by atoms with E-state index in [4.69, 9.17) is 4.74 Å². The van der Waals surface area contributed by atoms with Crippen molar-refractivity contribution in [2.75, 3.05) is 26.7 Å². The van der Waals surface area contributed by atoms with Crippen LogP contribution in [0.1, 0.15) is 23.4 Å². The Balaban J connectivity index is 1.58. The van der Waals surface area contributed by atoms with Crippen molar-refractivity contribution in [1.82, 2.24) is 15.1 Å². The number of ether oxygens (including phenoxy) is 1. The van der Waals surface area contributed by atoms with Crippen LogP contribution in [0.3, 0.4) is 0 Å². The van der Waals surface area contributed by atoms with E-state index in [1.165, 1.54) is 4.88 Å². The first-order chi connectivity index (χ1) is 13.6. The molecular weight excluding hydrogens is 374 g/mol. The van der Waals surface area contributed by atoms with Crippen molar-refractivity contribution in [1.29, 1.82) is 0 Å². The van der Waals surface area contributed by atoms with Crippen molar-refractivity contribution >= 4 is 23.3 Å². The first-order valence-corrected chi connectivity index (χ1v) is 10.3. The van der Waals surface area contributed by atoms with Crippen molar-refractivity contribution in [2.24, 2.45) is 0 Å². The zero-order valence-electron chi connectivity index (χ0n) is 16.0. The normalized spacial score (nSPS) is 19.1. The van der Waals surface area contributed by atoms with Gasteiger partial charge in [-0.05, 0) is 42.5 Å². The third kappa shape index (κ3) is 3.38. The molecule has 2 aromatic rings. The summed E-state index contributed by atoms with van der Waals surface area (Å²) in [4.78, 5) is 30.3. The lowest BCUT2D eigenvalue weighted by atomic mass is 9.95. The molecule has 1 unspecified atom stereocenters. The van der Waals surface area contributed by atoms with Crippen molar-refractivity contribution in [2.45, 2.75) is 19.4 Å². The fourth-order valence-electron chi connectivity index (χ4n) is 3.68. The Labute approximate surface area is 168 Å². The molecule has 1 aromatic heterocycles. The number of nitrogens with one attached hydrogen (secondary N) is 1. The van der Waals surface area contributed by atoms with Gasteiger partial charge in [-0.1, -0.05) is 18.2 Å². The summed E-state index contributed by atoms with van der Waals surface area (Å²) in [5.74, 6) is 0.771. The molecule has 1 N–H and O–H groups in total. The molecule has 28 heavy (non-hydrogen) atoms. The molecule has 146 valence electrons. The van der Waals surface area contributed by atoms with E-state index in [1.54, 1.807) is 23.3 Å². The minimum Gasteiger partial charge on any atom is -0.494 e. The van der Waals surface area contributed by atoms with E-state index < -0.39 is 6.04 Å². The molecule has 0 spiro atoms. The minimum atomic E-state index is -0.436. The second-order valence-electron chi connectivity index (χ2n) is 6.86. The Bertz CT molecular complexity index is 905. The lowest BCUT2D eigenvalue weighted by Crippen LogP contribution is -2.45. The van der Waals surface area contributed by atoms with Crippen LogP contribution in [0, 0.1) is 0 Å². The highest BCUT2D eigenvalue weighted by molar-refractivity contribution is 7.09. The van der Waals surface area contributed by atoms with Crippen molar-refractivity contribution in [3.8, 4) is 5.75 Å². The molecule has 3 heterocycles. The molecule has 0 bridgehead atoms. The number of benzene rings is 1. The van der Waals surface area contributed by atoms with Crippen LogP contribution >= 0.6 is 11.3 Å². The van der Waals surface area contributed by atoms with E-state index in [1.807, 2.05) is 47.5 Å². The molecule has 0 saturated carbocycles. The Hall–Kier alpha value is -2.80. The van der Waals surface area contributed by atoms with Crippen LogP contribution in [0.15, 0.2) is 53.0 Å². The van der Waals surface area contributed by atoms with Crippen LogP contribution in [0.4, 0.5) is 4.79 Å². The summed E-state index contributed by atoms with van der Waals surface area (Å²) < 4.78 is 5.50. The number of rotatable bonds is 6. The summed E-state index contributed by atoms with van der Waals surface area (Å²) in [6.07, 6.45) is 0.822. The van der Waals surface area contributed by atoms with Gasteiger partial charge in [-0.25, -0.2) is 4.79 Å². The van der Waals surface area contributed by atoms with Crippen molar-refractivity contribution < 1.29 is 14.3 Å². The van der Waals surface area contributed by atoms with Gasteiger partial charge in [0.25, 0.3) is 5.91 Å². The lowest BCUT2D eigenvalue weighted by molar-refractivity contribution is -0.125. The fourth-order valence-corrected chi connectivity index (χ4v) is 4.38. The molecule has 7 heteroatoms. The van der Waals surface area contributed by atoms with E-state index in [2.05, 4.69) is 11.4 Å². The topological polar surface area (TPSA) is 61.9 Å². The summed E-state index contributed by atoms with van der Waals surface area (Å²) in [5, 5.41) is 5.01. The van der Waals surface area contributed by atoms with Crippen LogP contribution in [0.25, 0.3) is 0 Å². The maximum Gasteiger partial charge on any atom is 0.322 e. The van der Waals surface area contributed by atoms with Gasteiger partial charge in [-0.3, -0.25) is 9.69 Å². The molecule has 0 aliphatic carbocycles. The molecule has 4 rings (SSSR count). The molecule has 2 aliphatic rings. The van der Waals surface area contributed by atoms with Gasteiger partial charge in [-0.2, -0.15) is 0 Å². The third-order valence-electron chi connectivity index (χ3n) is 5.17. The van der Waals surface area contributed by atoms with Gasteiger partial charge in [0.05, 0.1) is 30.5 Å². The predicted octanol–water partition coefficient (Wildman–Crippen LogP) is 3.18. The Morgan fingerprint density at radius 1 is 1.21 bits per heavy atom. The Morgan fingerprint density at radius 3 is 2.68 bits per heavy atom. The van der Waals surface area contributed by atoms with Gasteiger partial charge >= 0.3 is 6.03 Å². The van der Waals surface area contributed by atoms with Gasteiger partial charge in [0, 0.05) is 18.5 Å². The maximum absolute atomic E-state index is 13.2. The SMILES string of the molecule is CCOc1ccc(C2NC(=O)N(C)C3=C2C(=O)N(CCc2cccs2)C3)cc1. The number of urea groups is 1. The first kappa shape index (κ1) is 18.6. The van der Waals surface area contributed by atoms with Crippen LogP contribution in [-0.2, 0) is 11.2 Å². The highest BCUT2D eigenvalue weighted by Crippen LogP contribution is 2.36. The zero-order chi connectivity index (χ0) is 19.7. The Morgan fingerprint density at radius 2 is 2.00 bits per heavy atom. The smallest absolute Gasteiger partial charge is 0.322 e. The van der Waals surface area contributed by atoms with Gasteiger partial charge < -0.3 is 15.0 Å². The molecule has 0 saturated heterocycles. The number of likely N-dealkylation sites (N-methyl/N-ethyl adjacent to an activating group) is 1. The van der Waals surface area contributed by atoms with Crippen molar-refractivity contribution in [3.05, 3.63) is 63.5 Å². The van der Waals surface area contributed by atoms with E-state index >= 15 is 0 Å². The number of nitrogens with zero attached hydrogens (tertiary/aromatic N) is 2. The fraction of sp³-hybridized carbons (Fsp3) is 0.333. The summed E-state index contributed by atoms with van der Waals surface area (Å²) in [5.41, 5.74) is 2.34. The van der Waals surface area contributed by atoms with Crippen LogP contribution < -0.4 is 10.1 Å². The molecule has 0 radical (unpaired) electrons. The number of hydrogen-bond acceptors (Lipinski definition) is 4. The molecule has 6 nitrogen and oxygen atoms in total. The van der Waals surface area contributed by atoms with Crippen LogP contribution in [-0.4, -0.2) is 48.5 Å². The number of carbonyl (C=O) groups excluding carboxylic acids is 2. The van der Waals surface area contributed by atoms with E-state index in [9.17, 15) is 9.59 Å². The number of hydrogen-bond donors (Lipinski definition) is 1. The second kappa shape index (κ2) is 7.67. The second-order valence-corrected chi connectivity index (χ2v) is 7.89. The average molecular weight is 398 g/mol. The monoisotopic (exact) mass is 397 g/mol. The largest absolute Gasteiger partial charge is 0.494 e. The van der Waals surface area contributed by atoms with Gasteiger partial charge in [0.1, 0.15) is 5.75 Å². The standard InChI is InChI=1S/C21H23N3O3S/c1-3-27-15-8-6-14(7-9-15)19-18-17(23(2)21(26)22-19)13-24(20(18)25)11-10-16-5-4-12-28-16/h4-9,12,19H,3,10-11,13H2,1-2H3,(H,22,26). The zero-order valence-corrected chi connectivity index (χ0v) is 16.8. The van der Waals surface area contributed by atoms with Gasteiger partial charge in [0.15, 0.2) is 0 Å². The predicted molar refractivity (Wildman–Crippen MR) is 108 cm³/mol. The first-order valence-electron chi connectivity index (χ1n) is 9.40. The lowest BCUT2D eigenvalue weighted by Gasteiger charge is -2.31. The van der Waals surface area contributed by atoms with E-state index in [-0.39, 0.29) is 11.9 Å². The minimum absolute atomic E-state index is 0.00251. The van der Waals surface area contributed by atoms with Crippen LogP contribution in [0.2, 0.25) is 0 Å². The summed E-state index contributed by atoms with van der Waals surface area (Å²) >= 11 is 1.70. The van der Waals surface area contributed by atoms with Gasteiger partial charge in [-0.15, -0.1) is 11.3 Å². The molecule has 2 aliphatic heterocycles.